The van der Waals surface area contributed by atoms with E-state index in [1.807, 2.05) is 0 Å². The maximum atomic E-state index is 12.1. The Morgan fingerprint density at radius 2 is 2.06 bits per heavy atom. The second kappa shape index (κ2) is 6.43. The average Bonchev–Trinajstić information content (AvgIpc) is 2.28. The molecule has 0 heterocycles. The first-order valence-corrected chi connectivity index (χ1v) is 6.26. The van der Waals surface area contributed by atoms with Crippen molar-refractivity contribution in [2.24, 2.45) is 5.73 Å². The van der Waals surface area contributed by atoms with Crippen LogP contribution in [-0.4, -0.2) is 19.3 Å². The predicted octanol–water partition coefficient (Wildman–Crippen LogP) is 3.67. The van der Waals surface area contributed by atoms with E-state index in [0.29, 0.717) is 12.2 Å². The molecule has 0 aromatic heterocycles. The van der Waals surface area contributed by atoms with Gasteiger partial charge in [0.15, 0.2) is 0 Å². The van der Waals surface area contributed by atoms with Gasteiger partial charge in [0.2, 0.25) is 0 Å². The van der Waals surface area contributed by atoms with Crippen LogP contribution in [0.2, 0.25) is 0 Å². The van der Waals surface area contributed by atoms with Gasteiger partial charge in [-0.05, 0) is 36.6 Å². The maximum absolute atomic E-state index is 12.1. The lowest BCUT2D eigenvalue weighted by atomic mass is 10.0. The molecule has 0 fully saturated rings. The molecule has 0 amide bonds. The first kappa shape index (κ1) is 15.3. The molecule has 6 heteroatoms. The standard InChI is InChI=1S/C12H15BrF3NO/c1-18-10-2-3-11(13)8(7-10)6-9(17)4-5-12(14,15)16/h2-3,7,9H,4-6,17H2,1H3. The highest BCUT2D eigenvalue weighted by Crippen LogP contribution is 2.26. The number of nitrogens with two attached hydrogens (primary N) is 1. The number of methoxy groups -OCH3 is 1. The largest absolute Gasteiger partial charge is 0.497 e. The summed E-state index contributed by atoms with van der Waals surface area (Å²) < 4.78 is 42.1. The summed E-state index contributed by atoms with van der Waals surface area (Å²) in [4.78, 5) is 0. The lowest BCUT2D eigenvalue weighted by Gasteiger charge is -2.14. The van der Waals surface area contributed by atoms with Crippen molar-refractivity contribution >= 4 is 15.9 Å². The Kier molecular flexibility index (Phi) is 5.47. The summed E-state index contributed by atoms with van der Waals surface area (Å²) >= 11 is 3.35. The van der Waals surface area contributed by atoms with Gasteiger partial charge in [0.05, 0.1) is 7.11 Å². The molecule has 1 unspecified atom stereocenters. The van der Waals surface area contributed by atoms with E-state index in [-0.39, 0.29) is 6.42 Å². The number of ether oxygens (including phenoxy) is 1. The van der Waals surface area contributed by atoms with E-state index in [0.717, 1.165) is 10.0 Å². The van der Waals surface area contributed by atoms with Crippen molar-refractivity contribution in [3.8, 4) is 5.75 Å². The lowest BCUT2D eigenvalue weighted by molar-refractivity contribution is -0.136. The van der Waals surface area contributed by atoms with E-state index in [9.17, 15) is 13.2 Å². The summed E-state index contributed by atoms with van der Waals surface area (Å²) in [5, 5.41) is 0. The Morgan fingerprint density at radius 1 is 1.39 bits per heavy atom. The Hall–Kier alpha value is -0.750. The number of hydrogen-bond donors (Lipinski definition) is 1. The molecule has 0 aliphatic carbocycles. The van der Waals surface area contributed by atoms with Gasteiger partial charge < -0.3 is 10.5 Å². The van der Waals surface area contributed by atoms with Crippen molar-refractivity contribution in [2.45, 2.75) is 31.5 Å². The fourth-order valence-electron chi connectivity index (χ4n) is 1.57. The Bertz CT molecular complexity index is 395. The van der Waals surface area contributed by atoms with Crippen LogP contribution in [0, 0.1) is 0 Å². The molecule has 102 valence electrons. The second-order valence-corrected chi connectivity index (χ2v) is 4.93. The fraction of sp³-hybridized carbons (Fsp3) is 0.500. The first-order valence-electron chi connectivity index (χ1n) is 5.46. The molecule has 0 spiro atoms. The van der Waals surface area contributed by atoms with Crippen LogP contribution in [-0.2, 0) is 6.42 Å². The van der Waals surface area contributed by atoms with Gasteiger partial charge in [-0.1, -0.05) is 15.9 Å². The van der Waals surface area contributed by atoms with Crippen LogP contribution in [0.5, 0.6) is 5.75 Å². The van der Waals surface area contributed by atoms with E-state index >= 15 is 0 Å². The highest BCUT2D eigenvalue weighted by Gasteiger charge is 2.27. The van der Waals surface area contributed by atoms with E-state index < -0.39 is 18.6 Å². The summed E-state index contributed by atoms with van der Waals surface area (Å²) in [5.74, 6) is 0.663. The van der Waals surface area contributed by atoms with Gasteiger partial charge in [0.1, 0.15) is 5.75 Å². The first-order chi connectivity index (χ1) is 8.31. The zero-order valence-electron chi connectivity index (χ0n) is 9.93. The number of rotatable bonds is 5. The van der Waals surface area contributed by atoms with Gasteiger partial charge in [0, 0.05) is 16.9 Å². The molecule has 2 nitrogen and oxygen atoms in total. The van der Waals surface area contributed by atoms with Crippen LogP contribution in [0.15, 0.2) is 22.7 Å². The van der Waals surface area contributed by atoms with Gasteiger partial charge in [-0.15, -0.1) is 0 Å². The highest BCUT2D eigenvalue weighted by atomic mass is 79.9. The predicted molar refractivity (Wildman–Crippen MR) is 67.7 cm³/mol. The van der Waals surface area contributed by atoms with E-state index in [1.165, 1.54) is 7.11 Å². The van der Waals surface area contributed by atoms with Gasteiger partial charge in [0.25, 0.3) is 0 Å². The van der Waals surface area contributed by atoms with Crippen molar-refractivity contribution < 1.29 is 17.9 Å². The normalized spacial score (nSPS) is 13.4. The molecule has 0 saturated carbocycles. The summed E-state index contributed by atoms with van der Waals surface area (Å²) in [6.07, 6.45) is -4.69. The van der Waals surface area contributed by atoms with Crippen LogP contribution >= 0.6 is 15.9 Å². The Balaban J connectivity index is 2.61. The molecule has 2 N–H and O–H groups in total. The molecule has 0 aliphatic heterocycles. The maximum Gasteiger partial charge on any atom is 0.389 e. The third-order valence-electron chi connectivity index (χ3n) is 2.53. The molecule has 1 atom stereocenters. The number of benzene rings is 1. The van der Waals surface area contributed by atoms with E-state index in [2.05, 4.69) is 15.9 Å². The van der Waals surface area contributed by atoms with E-state index in [1.54, 1.807) is 18.2 Å². The third-order valence-corrected chi connectivity index (χ3v) is 3.31. The average molecular weight is 326 g/mol. The molecule has 1 rings (SSSR count). The molecule has 1 aromatic carbocycles. The van der Waals surface area contributed by atoms with Gasteiger partial charge in [-0.3, -0.25) is 0 Å². The fourth-order valence-corrected chi connectivity index (χ4v) is 1.98. The van der Waals surface area contributed by atoms with Crippen LogP contribution < -0.4 is 10.5 Å². The quantitative estimate of drug-likeness (QED) is 0.896. The summed E-state index contributed by atoms with van der Waals surface area (Å²) in [6, 6.07) is 4.83. The van der Waals surface area contributed by atoms with Crippen molar-refractivity contribution in [2.75, 3.05) is 7.11 Å². The molecular weight excluding hydrogens is 311 g/mol. The van der Waals surface area contributed by atoms with Gasteiger partial charge in [-0.25, -0.2) is 0 Å². The minimum absolute atomic E-state index is 0.0762. The van der Waals surface area contributed by atoms with Crippen LogP contribution in [0.4, 0.5) is 13.2 Å². The minimum Gasteiger partial charge on any atom is -0.497 e. The van der Waals surface area contributed by atoms with Crippen molar-refractivity contribution in [1.29, 1.82) is 0 Å². The second-order valence-electron chi connectivity index (χ2n) is 4.08. The summed E-state index contributed by atoms with van der Waals surface area (Å²) in [6.45, 7) is 0. The van der Waals surface area contributed by atoms with Crippen LogP contribution in [0.1, 0.15) is 18.4 Å². The van der Waals surface area contributed by atoms with E-state index in [4.69, 9.17) is 10.5 Å². The van der Waals surface area contributed by atoms with Crippen LogP contribution in [0.25, 0.3) is 0 Å². The number of alkyl halides is 3. The summed E-state index contributed by atoms with van der Waals surface area (Å²) in [7, 11) is 1.54. The van der Waals surface area contributed by atoms with Crippen molar-refractivity contribution in [1.82, 2.24) is 0 Å². The number of halogens is 4. The molecule has 0 radical (unpaired) electrons. The SMILES string of the molecule is COc1ccc(Br)c(CC(N)CCC(F)(F)F)c1. The number of hydrogen-bond acceptors (Lipinski definition) is 2. The molecule has 0 bridgehead atoms. The molecule has 18 heavy (non-hydrogen) atoms. The molecule has 0 saturated heterocycles. The Morgan fingerprint density at radius 3 is 2.61 bits per heavy atom. The molecular formula is C12H15BrF3NO. The van der Waals surface area contributed by atoms with Crippen LogP contribution in [0.3, 0.4) is 0 Å². The monoisotopic (exact) mass is 325 g/mol. The summed E-state index contributed by atoms with van der Waals surface area (Å²) in [5.41, 5.74) is 6.56. The zero-order valence-corrected chi connectivity index (χ0v) is 11.5. The third kappa shape index (κ3) is 5.27. The highest BCUT2D eigenvalue weighted by molar-refractivity contribution is 9.10. The zero-order chi connectivity index (χ0) is 13.8. The van der Waals surface area contributed by atoms with Crippen molar-refractivity contribution in [3.05, 3.63) is 28.2 Å². The lowest BCUT2D eigenvalue weighted by Crippen LogP contribution is -2.25. The topological polar surface area (TPSA) is 35.2 Å². The van der Waals surface area contributed by atoms with Gasteiger partial charge in [-0.2, -0.15) is 13.2 Å². The van der Waals surface area contributed by atoms with Crippen molar-refractivity contribution in [3.63, 3.8) is 0 Å². The molecule has 0 aliphatic rings. The Labute approximate surface area is 112 Å². The molecule has 1 aromatic rings. The minimum atomic E-state index is -4.15. The van der Waals surface area contributed by atoms with Gasteiger partial charge >= 0.3 is 6.18 Å². The smallest absolute Gasteiger partial charge is 0.389 e.